The van der Waals surface area contributed by atoms with Gasteiger partial charge in [0.2, 0.25) is 0 Å². The normalized spacial score (nSPS) is 20.9. The van der Waals surface area contributed by atoms with Crippen LogP contribution in [0.1, 0.15) is 37.7 Å². The van der Waals surface area contributed by atoms with Crippen molar-refractivity contribution in [3.8, 4) is 5.75 Å². The average molecular weight is 254 g/mol. The summed E-state index contributed by atoms with van der Waals surface area (Å²) in [5.74, 6) is 1.43. The zero-order valence-electron chi connectivity index (χ0n) is 10.3. The Morgan fingerprint density at radius 3 is 3.00 bits per heavy atom. The van der Waals surface area contributed by atoms with Gasteiger partial charge in [-0.3, -0.25) is 0 Å². The van der Waals surface area contributed by atoms with Crippen molar-refractivity contribution >= 4 is 11.6 Å². The highest BCUT2D eigenvalue weighted by molar-refractivity contribution is 6.32. The maximum Gasteiger partial charge on any atom is 0.137 e. The fourth-order valence-electron chi connectivity index (χ4n) is 2.40. The van der Waals surface area contributed by atoms with Gasteiger partial charge in [-0.1, -0.05) is 17.7 Å². The van der Waals surface area contributed by atoms with Crippen molar-refractivity contribution < 1.29 is 4.74 Å². The summed E-state index contributed by atoms with van der Waals surface area (Å²) in [5.41, 5.74) is 1.35. The van der Waals surface area contributed by atoms with Crippen molar-refractivity contribution in [3.63, 3.8) is 0 Å². The van der Waals surface area contributed by atoms with E-state index in [1.165, 1.54) is 24.8 Å². The van der Waals surface area contributed by atoms with Crippen molar-refractivity contribution in [3.05, 3.63) is 28.8 Å². The highest BCUT2D eigenvalue weighted by Gasteiger charge is 2.15. The zero-order valence-corrected chi connectivity index (χ0v) is 11.1. The van der Waals surface area contributed by atoms with Crippen molar-refractivity contribution in [1.82, 2.24) is 5.32 Å². The Bertz CT molecular complexity index is 359. The molecule has 1 atom stereocenters. The molecule has 1 aromatic rings. The molecule has 1 N–H and O–H groups in total. The first-order valence-electron chi connectivity index (χ1n) is 6.44. The molecule has 0 saturated carbocycles. The minimum absolute atomic E-state index is 0.637. The summed E-state index contributed by atoms with van der Waals surface area (Å²) in [4.78, 5) is 0. The van der Waals surface area contributed by atoms with Gasteiger partial charge in [0.15, 0.2) is 0 Å². The van der Waals surface area contributed by atoms with Crippen LogP contribution in [-0.2, 0) is 0 Å². The van der Waals surface area contributed by atoms with Crippen LogP contribution >= 0.6 is 11.6 Å². The summed E-state index contributed by atoms with van der Waals surface area (Å²) in [5, 5.41) is 4.17. The standard InChI is InChI=1S/C14H20ClNO/c1-2-17-14-6-5-12(10-13(14)15)11-4-3-8-16-9-7-11/h5-6,10-11,16H,2-4,7-9H2,1H3. The SMILES string of the molecule is CCOc1ccc(C2CCCNCC2)cc1Cl. The molecule has 0 aliphatic carbocycles. The van der Waals surface area contributed by atoms with E-state index in [0.29, 0.717) is 12.5 Å². The number of hydrogen-bond donors (Lipinski definition) is 1. The van der Waals surface area contributed by atoms with Crippen LogP contribution in [0.4, 0.5) is 0 Å². The second-order valence-corrected chi connectivity index (χ2v) is 4.91. The monoisotopic (exact) mass is 253 g/mol. The first-order chi connectivity index (χ1) is 8.31. The van der Waals surface area contributed by atoms with Crippen LogP contribution in [0.25, 0.3) is 0 Å². The highest BCUT2D eigenvalue weighted by atomic mass is 35.5. The molecule has 0 spiro atoms. The molecule has 0 bridgehead atoms. The van der Waals surface area contributed by atoms with Crippen LogP contribution in [0.5, 0.6) is 5.75 Å². The molecule has 0 radical (unpaired) electrons. The first-order valence-corrected chi connectivity index (χ1v) is 6.82. The topological polar surface area (TPSA) is 21.3 Å². The van der Waals surface area contributed by atoms with Gasteiger partial charge >= 0.3 is 0 Å². The predicted molar refractivity (Wildman–Crippen MR) is 72.1 cm³/mol. The van der Waals surface area contributed by atoms with Crippen molar-refractivity contribution in [1.29, 1.82) is 0 Å². The van der Waals surface area contributed by atoms with Gasteiger partial charge in [-0.25, -0.2) is 0 Å². The van der Waals surface area contributed by atoms with Crippen LogP contribution in [-0.4, -0.2) is 19.7 Å². The summed E-state index contributed by atoms with van der Waals surface area (Å²) in [6, 6.07) is 6.23. The Balaban J connectivity index is 2.12. The molecule has 2 rings (SSSR count). The van der Waals surface area contributed by atoms with Gasteiger partial charge in [-0.2, -0.15) is 0 Å². The molecule has 17 heavy (non-hydrogen) atoms. The van der Waals surface area contributed by atoms with Crippen LogP contribution in [0.15, 0.2) is 18.2 Å². The Morgan fingerprint density at radius 1 is 1.35 bits per heavy atom. The predicted octanol–water partition coefficient (Wildman–Crippen LogP) is 3.60. The maximum atomic E-state index is 6.23. The van der Waals surface area contributed by atoms with E-state index in [1.54, 1.807) is 0 Å². The lowest BCUT2D eigenvalue weighted by Gasteiger charge is -2.15. The first kappa shape index (κ1) is 12.7. The summed E-state index contributed by atoms with van der Waals surface area (Å²) < 4.78 is 5.46. The second-order valence-electron chi connectivity index (χ2n) is 4.50. The van der Waals surface area contributed by atoms with Gasteiger partial charge in [-0.05, 0) is 62.9 Å². The molecule has 1 aliphatic heterocycles. The minimum Gasteiger partial charge on any atom is -0.492 e. The average Bonchev–Trinajstić information content (AvgIpc) is 2.60. The van der Waals surface area contributed by atoms with E-state index in [2.05, 4.69) is 17.4 Å². The third kappa shape index (κ3) is 3.36. The van der Waals surface area contributed by atoms with Gasteiger partial charge in [-0.15, -0.1) is 0 Å². The van der Waals surface area contributed by atoms with Crippen LogP contribution < -0.4 is 10.1 Å². The Hall–Kier alpha value is -0.730. The van der Waals surface area contributed by atoms with E-state index < -0.39 is 0 Å². The minimum atomic E-state index is 0.637. The lowest BCUT2D eigenvalue weighted by atomic mass is 9.92. The fourth-order valence-corrected chi connectivity index (χ4v) is 2.64. The summed E-state index contributed by atoms with van der Waals surface area (Å²) >= 11 is 6.23. The Morgan fingerprint density at radius 2 is 2.24 bits per heavy atom. The quantitative estimate of drug-likeness (QED) is 0.889. The van der Waals surface area contributed by atoms with Crippen LogP contribution in [0.2, 0.25) is 5.02 Å². The van der Waals surface area contributed by atoms with Crippen molar-refractivity contribution in [2.45, 2.75) is 32.1 Å². The molecule has 1 aromatic carbocycles. The summed E-state index contributed by atoms with van der Waals surface area (Å²) in [6.45, 7) is 4.88. The van der Waals surface area contributed by atoms with Gasteiger partial charge < -0.3 is 10.1 Å². The smallest absolute Gasteiger partial charge is 0.137 e. The van der Waals surface area contributed by atoms with E-state index >= 15 is 0 Å². The molecule has 2 nitrogen and oxygen atoms in total. The number of benzene rings is 1. The van der Waals surface area contributed by atoms with Crippen molar-refractivity contribution in [2.24, 2.45) is 0 Å². The molecule has 1 fully saturated rings. The highest BCUT2D eigenvalue weighted by Crippen LogP contribution is 2.32. The van der Waals surface area contributed by atoms with Gasteiger partial charge in [0.25, 0.3) is 0 Å². The van der Waals surface area contributed by atoms with Crippen LogP contribution in [0.3, 0.4) is 0 Å². The summed E-state index contributed by atoms with van der Waals surface area (Å²) in [7, 11) is 0. The van der Waals surface area contributed by atoms with E-state index in [0.717, 1.165) is 23.9 Å². The van der Waals surface area contributed by atoms with Gasteiger partial charge in [0.1, 0.15) is 5.75 Å². The molecule has 0 amide bonds. The molecule has 1 aliphatic rings. The fraction of sp³-hybridized carbons (Fsp3) is 0.571. The third-order valence-corrected chi connectivity index (χ3v) is 3.60. The van der Waals surface area contributed by atoms with Crippen LogP contribution in [0, 0.1) is 0 Å². The number of hydrogen-bond acceptors (Lipinski definition) is 2. The third-order valence-electron chi connectivity index (χ3n) is 3.30. The molecular formula is C14H20ClNO. The maximum absolute atomic E-state index is 6.23. The van der Waals surface area contributed by atoms with Gasteiger partial charge in [0, 0.05) is 0 Å². The number of halogens is 1. The molecule has 0 aromatic heterocycles. The lowest BCUT2D eigenvalue weighted by Crippen LogP contribution is -2.13. The molecule has 3 heteroatoms. The molecule has 1 unspecified atom stereocenters. The van der Waals surface area contributed by atoms with E-state index in [-0.39, 0.29) is 0 Å². The van der Waals surface area contributed by atoms with Gasteiger partial charge in [0.05, 0.1) is 11.6 Å². The van der Waals surface area contributed by atoms with E-state index in [9.17, 15) is 0 Å². The largest absolute Gasteiger partial charge is 0.492 e. The molecule has 94 valence electrons. The van der Waals surface area contributed by atoms with E-state index in [4.69, 9.17) is 16.3 Å². The lowest BCUT2D eigenvalue weighted by molar-refractivity contribution is 0.340. The second kappa shape index (κ2) is 6.27. The Kier molecular flexibility index (Phi) is 4.69. The number of nitrogens with one attached hydrogen (secondary N) is 1. The molecule has 1 heterocycles. The Labute approximate surface area is 108 Å². The number of ether oxygens (including phenoxy) is 1. The van der Waals surface area contributed by atoms with Crippen molar-refractivity contribution in [2.75, 3.05) is 19.7 Å². The molecule has 1 saturated heterocycles. The van der Waals surface area contributed by atoms with E-state index in [1.807, 2.05) is 13.0 Å². The summed E-state index contributed by atoms with van der Waals surface area (Å²) in [6.07, 6.45) is 3.69. The zero-order chi connectivity index (χ0) is 12.1. The molecular weight excluding hydrogens is 234 g/mol. The number of rotatable bonds is 3.